The number of allylic oxidation sites excluding steroid dienone is 1. The van der Waals surface area contributed by atoms with E-state index in [-0.39, 0.29) is 9.52 Å². The Bertz CT molecular complexity index is 281. The highest BCUT2D eigenvalue weighted by atomic mass is 35.5. The van der Waals surface area contributed by atoms with Gasteiger partial charge < -0.3 is 0 Å². The van der Waals surface area contributed by atoms with Gasteiger partial charge in [-0.05, 0) is 12.0 Å². The Kier molecular flexibility index (Phi) is 4.87. The molecule has 0 N–H and O–H groups in total. The molecule has 0 nitrogen and oxygen atoms in total. The van der Waals surface area contributed by atoms with Crippen LogP contribution >= 0.6 is 11.6 Å². The van der Waals surface area contributed by atoms with E-state index in [1.807, 2.05) is 0 Å². The topological polar surface area (TPSA) is 0 Å². The number of hydrogen-bond acceptors (Lipinski definition) is 0. The lowest BCUT2D eigenvalue weighted by Crippen LogP contribution is -2.15. The SMILES string of the molecule is CCC=Cc1cccc([SiH2]CCl)c1. The Labute approximate surface area is 87.4 Å². The van der Waals surface area contributed by atoms with Crippen molar-refractivity contribution in [1.29, 1.82) is 0 Å². The molecule has 0 radical (unpaired) electrons. The zero-order valence-electron chi connectivity index (χ0n) is 7.96. The zero-order valence-corrected chi connectivity index (χ0v) is 10.1. The largest absolute Gasteiger partial charge is 0.130 e. The average molecular weight is 211 g/mol. The molecule has 0 aliphatic carbocycles. The first-order chi connectivity index (χ1) is 6.36. The maximum atomic E-state index is 5.74. The summed E-state index contributed by atoms with van der Waals surface area (Å²) in [6.07, 6.45) is 5.45. The van der Waals surface area contributed by atoms with E-state index >= 15 is 0 Å². The lowest BCUT2D eigenvalue weighted by Gasteiger charge is -1.98. The maximum absolute atomic E-state index is 5.74. The molecule has 0 saturated carbocycles. The number of benzene rings is 1. The Morgan fingerprint density at radius 1 is 1.46 bits per heavy atom. The summed E-state index contributed by atoms with van der Waals surface area (Å²) >= 11 is 5.74. The van der Waals surface area contributed by atoms with Crippen LogP contribution < -0.4 is 5.19 Å². The summed E-state index contributed by atoms with van der Waals surface area (Å²) < 4.78 is 0. The van der Waals surface area contributed by atoms with Gasteiger partial charge in [0.05, 0.1) is 9.52 Å². The first kappa shape index (κ1) is 10.5. The summed E-state index contributed by atoms with van der Waals surface area (Å²) in [5, 5.41) is 1.45. The standard InChI is InChI=1S/C11H15ClSi/c1-2-3-5-10-6-4-7-11(8-10)13-9-12/h3-8H,2,9,13H2,1H3. The third-order valence-corrected chi connectivity index (χ3v) is 3.65. The molecule has 0 heterocycles. The van der Waals surface area contributed by atoms with Gasteiger partial charge in [-0.2, -0.15) is 0 Å². The van der Waals surface area contributed by atoms with Crippen molar-refractivity contribution in [2.45, 2.75) is 13.3 Å². The fourth-order valence-corrected chi connectivity index (χ4v) is 2.77. The minimum atomic E-state index is -0.214. The lowest BCUT2D eigenvalue weighted by atomic mass is 10.2. The van der Waals surface area contributed by atoms with Crippen LogP contribution in [0.2, 0.25) is 0 Å². The van der Waals surface area contributed by atoms with Crippen molar-refractivity contribution >= 4 is 32.4 Å². The van der Waals surface area contributed by atoms with Crippen LogP contribution in [0.25, 0.3) is 6.08 Å². The molecule has 0 fully saturated rings. The van der Waals surface area contributed by atoms with E-state index in [4.69, 9.17) is 11.6 Å². The van der Waals surface area contributed by atoms with Crippen molar-refractivity contribution < 1.29 is 0 Å². The molecule has 0 unspecified atom stereocenters. The Hall–Kier alpha value is -0.533. The minimum absolute atomic E-state index is 0.214. The molecule has 70 valence electrons. The summed E-state index contributed by atoms with van der Waals surface area (Å²) in [6.45, 7) is 2.15. The predicted molar refractivity (Wildman–Crippen MR) is 64.7 cm³/mol. The second-order valence-electron chi connectivity index (χ2n) is 2.99. The van der Waals surface area contributed by atoms with Crippen molar-refractivity contribution in [2.24, 2.45) is 0 Å². The Balaban J connectivity index is 2.73. The van der Waals surface area contributed by atoms with E-state index in [0.29, 0.717) is 0 Å². The quantitative estimate of drug-likeness (QED) is 0.528. The van der Waals surface area contributed by atoms with E-state index in [9.17, 15) is 0 Å². The highest BCUT2D eigenvalue weighted by Gasteiger charge is 1.92. The average Bonchev–Trinajstić information content (AvgIpc) is 2.16. The van der Waals surface area contributed by atoms with Crippen molar-refractivity contribution in [3.8, 4) is 0 Å². The van der Waals surface area contributed by atoms with Gasteiger partial charge in [0, 0.05) is 5.50 Å². The highest BCUT2D eigenvalue weighted by Crippen LogP contribution is 2.00. The molecule has 1 aromatic carbocycles. The monoisotopic (exact) mass is 210 g/mol. The molecular weight excluding hydrogens is 196 g/mol. The van der Waals surface area contributed by atoms with E-state index in [1.165, 1.54) is 10.8 Å². The second kappa shape index (κ2) is 6.00. The van der Waals surface area contributed by atoms with Crippen LogP contribution in [0.3, 0.4) is 0 Å². The second-order valence-corrected chi connectivity index (χ2v) is 5.82. The Morgan fingerprint density at radius 2 is 2.31 bits per heavy atom. The van der Waals surface area contributed by atoms with E-state index in [1.54, 1.807) is 0 Å². The number of hydrogen-bond donors (Lipinski definition) is 0. The smallest absolute Gasteiger partial charge is 0.0714 e. The molecule has 0 atom stereocenters. The molecule has 0 aliphatic rings. The molecular formula is C11H15ClSi. The predicted octanol–water partition coefficient (Wildman–Crippen LogP) is 2.10. The third-order valence-electron chi connectivity index (χ3n) is 1.88. The summed E-state index contributed by atoms with van der Waals surface area (Å²) in [4.78, 5) is 0. The lowest BCUT2D eigenvalue weighted by molar-refractivity contribution is 1.23. The van der Waals surface area contributed by atoms with E-state index in [0.717, 1.165) is 11.9 Å². The van der Waals surface area contributed by atoms with Crippen LogP contribution in [0.15, 0.2) is 30.3 Å². The van der Waals surface area contributed by atoms with Gasteiger partial charge in [-0.25, -0.2) is 0 Å². The summed E-state index contributed by atoms with van der Waals surface area (Å²) in [5.74, 6) is 0. The van der Waals surface area contributed by atoms with Crippen molar-refractivity contribution in [2.75, 3.05) is 5.50 Å². The first-order valence-corrected chi connectivity index (χ1v) is 6.92. The van der Waals surface area contributed by atoms with Crippen LogP contribution in [0.5, 0.6) is 0 Å². The van der Waals surface area contributed by atoms with Crippen LogP contribution in [-0.2, 0) is 0 Å². The molecule has 2 heteroatoms. The maximum Gasteiger partial charge on any atom is 0.0714 e. The van der Waals surface area contributed by atoms with Gasteiger partial charge in [0.15, 0.2) is 0 Å². The molecule has 0 aliphatic heterocycles. The van der Waals surface area contributed by atoms with Crippen LogP contribution in [-0.4, -0.2) is 15.0 Å². The molecule has 13 heavy (non-hydrogen) atoms. The number of rotatable bonds is 4. The molecule has 1 aromatic rings. The number of halogens is 1. The van der Waals surface area contributed by atoms with Crippen molar-refractivity contribution in [3.05, 3.63) is 35.9 Å². The molecule has 0 amide bonds. The summed E-state index contributed by atoms with van der Waals surface area (Å²) in [5.41, 5.74) is 2.14. The third kappa shape index (κ3) is 3.79. The van der Waals surface area contributed by atoms with Gasteiger partial charge >= 0.3 is 0 Å². The molecule has 0 saturated heterocycles. The van der Waals surface area contributed by atoms with Crippen molar-refractivity contribution in [1.82, 2.24) is 0 Å². The van der Waals surface area contributed by atoms with Crippen molar-refractivity contribution in [3.63, 3.8) is 0 Å². The normalized spacial score (nSPS) is 11.8. The van der Waals surface area contributed by atoms with Gasteiger partial charge in [0.25, 0.3) is 0 Å². The molecule has 0 aromatic heterocycles. The van der Waals surface area contributed by atoms with Gasteiger partial charge in [-0.15, -0.1) is 11.6 Å². The first-order valence-electron chi connectivity index (χ1n) is 4.68. The summed E-state index contributed by atoms with van der Waals surface area (Å²) in [7, 11) is -0.214. The fourth-order valence-electron chi connectivity index (χ4n) is 1.22. The number of alkyl halides is 1. The van der Waals surface area contributed by atoms with Crippen LogP contribution in [0.4, 0.5) is 0 Å². The van der Waals surface area contributed by atoms with Gasteiger partial charge in [-0.3, -0.25) is 0 Å². The zero-order chi connectivity index (χ0) is 9.52. The highest BCUT2D eigenvalue weighted by molar-refractivity contribution is 6.62. The minimum Gasteiger partial charge on any atom is -0.130 e. The summed E-state index contributed by atoms with van der Waals surface area (Å²) in [6, 6.07) is 8.68. The molecule has 0 bridgehead atoms. The molecule has 1 rings (SSSR count). The van der Waals surface area contributed by atoms with Gasteiger partial charge in [0.1, 0.15) is 0 Å². The molecule has 0 spiro atoms. The van der Waals surface area contributed by atoms with E-state index in [2.05, 4.69) is 43.3 Å². The van der Waals surface area contributed by atoms with Gasteiger partial charge in [-0.1, -0.05) is 48.5 Å². The van der Waals surface area contributed by atoms with E-state index < -0.39 is 0 Å². The van der Waals surface area contributed by atoms with Crippen LogP contribution in [0.1, 0.15) is 18.9 Å². The Morgan fingerprint density at radius 3 is 3.00 bits per heavy atom. The fraction of sp³-hybridized carbons (Fsp3) is 0.273. The van der Waals surface area contributed by atoms with Crippen LogP contribution in [0, 0.1) is 0 Å². The van der Waals surface area contributed by atoms with Gasteiger partial charge in [0.2, 0.25) is 0 Å².